The van der Waals surface area contributed by atoms with Crippen LogP contribution < -0.4 is 14.5 Å². The summed E-state index contributed by atoms with van der Waals surface area (Å²) in [6.07, 6.45) is 6.58. The Balaban J connectivity index is 1.81. The molecule has 0 aliphatic heterocycles. The summed E-state index contributed by atoms with van der Waals surface area (Å²) in [6, 6.07) is 16.7. The predicted molar refractivity (Wildman–Crippen MR) is 126 cm³/mol. The first-order valence-corrected chi connectivity index (χ1v) is 10.2. The van der Waals surface area contributed by atoms with Crippen molar-refractivity contribution < 1.29 is 4.68 Å². The lowest BCUT2D eigenvalue weighted by molar-refractivity contribution is -0.685. The van der Waals surface area contributed by atoms with Crippen molar-refractivity contribution in [2.24, 2.45) is 10.2 Å². The molecule has 0 fully saturated rings. The second-order valence-electron chi connectivity index (χ2n) is 7.61. The molecule has 0 spiro atoms. The summed E-state index contributed by atoms with van der Waals surface area (Å²) in [4.78, 5) is 4.17. The number of hydrogen-bond acceptors (Lipinski definition) is 4. The van der Waals surface area contributed by atoms with Crippen molar-refractivity contribution in [1.29, 1.82) is 0 Å². The normalized spacial score (nSPS) is 11.9. The summed E-state index contributed by atoms with van der Waals surface area (Å²) in [5.74, 6) is 1.01. The van der Waals surface area contributed by atoms with Gasteiger partial charge in [0.2, 0.25) is 0 Å². The first-order valence-electron chi connectivity index (χ1n) is 10.2. The van der Waals surface area contributed by atoms with Crippen LogP contribution in [0.25, 0.3) is 0 Å². The lowest BCUT2D eigenvalue weighted by Crippen LogP contribution is -2.32. The van der Waals surface area contributed by atoms with E-state index in [1.165, 1.54) is 11.4 Å². The highest BCUT2D eigenvalue weighted by molar-refractivity contribution is 5.98. The molecule has 0 atom stereocenters. The van der Waals surface area contributed by atoms with Crippen LogP contribution in [0.15, 0.2) is 71.1 Å². The molecule has 6 nitrogen and oxygen atoms in total. The monoisotopic (exact) mass is 403 g/mol. The molecular weight excluding hydrogens is 372 g/mol. The van der Waals surface area contributed by atoms with Gasteiger partial charge in [0.15, 0.2) is 12.4 Å². The van der Waals surface area contributed by atoms with Crippen molar-refractivity contribution in [2.75, 3.05) is 38.0 Å². The topological polar surface area (TPSA) is 40.0 Å². The highest BCUT2D eigenvalue weighted by Gasteiger charge is 2.15. The van der Waals surface area contributed by atoms with Gasteiger partial charge in [0.1, 0.15) is 0 Å². The molecule has 0 saturated carbocycles. The fraction of sp³-hybridized carbons (Fsp3) is 0.292. The number of benzene rings is 2. The van der Waals surface area contributed by atoms with Crippen molar-refractivity contribution in [3.8, 4) is 0 Å². The maximum absolute atomic E-state index is 4.80. The molecule has 3 rings (SSSR count). The summed E-state index contributed by atoms with van der Waals surface area (Å²) in [5, 5.41) is 9.44. The van der Waals surface area contributed by atoms with E-state index in [1.54, 1.807) is 0 Å². The molecule has 0 amide bonds. The third-order valence-corrected chi connectivity index (χ3v) is 4.99. The Kier molecular flexibility index (Phi) is 6.67. The number of anilines is 2. The van der Waals surface area contributed by atoms with E-state index in [0.29, 0.717) is 0 Å². The van der Waals surface area contributed by atoms with Gasteiger partial charge < -0.3 is 9.80 Å². The number of rotatable bonds is 7. The SMILES string of the molecule is CCc1n(/N=C\c2ccc(N(C)C)cc2)cc[n+]1/N=C(/C)c1ccc(N(C)C)cc1. The Bertz CT molecular complexity index is 1020. The Morgan fingerprint density at radius 2 is 1.50 bits per heavy atom. The van der Waals surface area contributed by atoms with Crippen LogP contribution in [-0.2, 0) is 6.42 Å². The van der Waals surface area contributed by atoms with Crippen molar-refractivity contribution in [2.45, 2.75) is 20.3 Å². The van der Waals surface area contributed by atoms with Gasteiger partial charge >= 0.3 is 5.82 Å². The number of imidazole rings is 1. The van der Waals surface area contributed by atoms with E-state index in [9.17, 15) is 0 Å². The molecular formula is C24H31N6+. The van der Waals surface area contributed by atoms with E-state index in [4.69, 9.17) is 5.10 Å². The predicted octanol–water partition coefficient (Wildman–Crippen LogP) is 3.62. The van der Waals surface area contributed by atoms with Crippen LogP contribution in [0.2, 0.25) is 0 Å². The van der Waals surface area contributed by atoms with Gasteiger partial charge in [-0.25, -0.2) is 0 Å². The average molecular weight is 404 g/mol. The molecule has 3 aromatic rings. The molecule has 0 unspecified atom stereocenters. The third-order valence-electron chi connectivity index (χ3n) is 4.99. The quantitative estimate of drug-likeness (QED) is 0.446. The van der Waals surface area contributed by atoms with E-state index in [2.05, 4.69) is 70.4 Å². The molecule has 0 bridgehead atoms. The van der Waals surface area contributed by atoms with Crippen LogP contribution in [0, 0.1) is 0 Å². The van der Waals surface area contributed by atoms with E-state index in [1.807, 2.05) is 63.1 Å². The van der Waals surface area contributed by atoms with E-state index in [-0.39, 0.29) is 0 Å². The van der Waals surface area contributed by atoms with E-state index < -0.39 is 0 Å². The van der Waals surface area contributed by atoms with Crippen molar-refractivity contribution in [3.63, 3.8) is 0 Å². The van der Waals surface area contributed by atoms with Gasteiger partial charge in [-0.15, -0.1) is 9.35 Å². The molecule has 0 N–H and O–H groups in total. The molecule has 0 aliphatic rings. The van der Waals surface area contributed by atoms with Gasteiger partial charge in [0.25, 0.3) is 0 Å². The smallest absolute Gasteiger partial charge is 0.307 e. The van der Waals surface area contributed by atoms with Crippen LogP contribution in [0.3, 0.4) is 0 Å². The molecule has 1 heterocycles. The lowest BCUT2D eigenvalue weighted by Gasteiger charge is -2.12. The summed E-state index contributed by atoms with van der Waals surface area (Å²) in [5.41, 5.74) is 5.47. The van der Waals surface area contributed by atoms with Gasteiger partial charge in [0.05, 0.1) is 18.3 Å². The van der Waals surface area contributed by atoms with Gasteiger partial charge in [0, 0.05) is 39.6 Å². The molecule has 0 radical (unpaired) electrons. The van der Waals surface area contributed by atoms with Crippen LogP contribution >= 0.6 is 0 Å². The Hall–Kier alpha value is -3.41. The highest BCUT2D eigenvalue weighted by atomic mass is 15.5. The van der Waals surface area contributed by atoms with Crippen LogP contribution in [-0.4, -0.2) is 44.8 Å². The Morgan fingerprint density at radius 1 is 0.933 bits per heavy atom. The van der Waals surface area contributed by atoms with Gasteiger partial charge in [-0.05, 0) is 42.3 Å². The van der Waals surface area contributed by atoms with Crippen LogP contribution in [0.5, 0.6) is 0 Å². The minimum atomic E-state index is 0.820. The zero-order valence-corrected chi connectivity index (χ0v) is 18.7. The maximum Gasteiger partial charge on any atom is 0.307 e. The zero-order valence-electron chi connectivity index (χ0n) is 18.7. The van der Waals surface area contributed by atoms with Crippen molar-refractivity contribution in [1.82, 2.24) is 4.68 Å². The molecule has 6 heteroatoms. The standard InChI is InChI=1S/C24H31N6/c1-7-24-29(25-18-20-8-12-22(13-9-20)27(3)4)16-17-30(24)26-19(2)21-10-14-23(15-11-21)28(5)6/h8-18H,7H2,1-6H3/q+1/b25-18-,26-19-. The van der Waals surface area contributed by atoms with Gasteiger partial charge in [-0.2, -0.15) is 0 Å². The minimum absolute atomic E-state index is 0.820. The van der Waals surface area contributed by atoms with Crippen LogP contribution in [0.4, 0.5) is 11.4 Å². The fourth-order valence-electron chi connectivity index (χ4n) is 3.13. The largest absolute Gasteiger partial charge is 0.378 e. The van der Waals surface area contributed by atoms with Crippen molar-refractivity contribution >= 4 is 23.3 Å². The summed E-state index contributed by atoms with van der Waals surface area (Å²) in [6.45, 7) is 4.14. The number of aromatic nitrogens is 2. The number of hydrogen-bond donors (Lipinski definition) is 0. The molecule has 1 aromatic heterocycles. The van der Waals surface area contributed by atoms with Crippen molar-refractivity contribution in [3.05, 3.63) is 77.9 Å². The summed E-state index contributed by atoms with van der Waals surface area (Å²) in [7, 11) is 8.15. The minimum Gasteiger partial charge on any atom is -0.378 e. The zero-order chi connectivity index (χ0) is 21.7. The van der Waals surface area contributed by atoms with Crippen LogP contribution in [0.1, 0.15) is 30.8 Å². The first kappa shape index (κ1) is 21.3. The molecule has 156 valence electrons. The third kappa shape index (κ3) is 4.95. The molecule has 2 aromatic carbocycles. The molecule has 0 saturated heterocycles. The fourth-order valence-corrected chi connectivity index (χ4v) is 3.13. The Morgan fingerprint density at radius 3 is 2.03 bits per heavy atom. The highest BCUT2D eigenvalue weighted by Crippen LogP contribution is 2.13. The van der Waals surface area contributed by atoms with Gasteiger partial charge in [-0.1, -0.05) is 41.4 Å². The second-order valence-corrected chi connectivity index (χ2v) is 7.61. The van der Waals surface area contributed by atoms with E-state index in [0.717, 1.165) is 29.1 Å². The van der Waals surface area contributed by atoms with E-state index >= 15 is 0 Å². The molecule has 30 heavy (non-hydrogen) atoms. The molecule has 0 aliphatic carbocycles. The average Bonchev–Trinajstić information content (AvgIpc) is 3.13. The Labute approximate surface area is 179 Å². The first-order chi connectivity index (χ1) is 14.4. The number of nitrogens with zero attached hydrogens (tertiary/aromatic N) is 6. The lowest BCUT2D eigenvalue weighted by atomic mass is 10.1. The maximum atomic E-state index is 4.80. The summed E-state index contributed by atoms with van der Waals surface area (Å²) < 4.78 is 3.79. The second kappa shape index (κ2) is 9.39. The summed E-state index contributed by atoms with van der Waals surface area (Å²) >= 11 is 0. The van der Waals surface area contributed by atoms with Gasteiger partial charge in [-0.3, -0.25) is 0 Å².